The number of hydrogen-bond acceptors (Lipinski definition) is 2. The lowest BCUT2D eigenvalue weighted by molar-refractivity contribution is 0.0581. The molecule has 72 valence electrons. The van der Waals surface area contributed by atoms with E-state index < -0.39 is 0 Å². The maximum absolute atomic E-state index is 6.22. The Morgan fingerprint density at radius 3 is 3.23 bits per heavy atom. The van der Waals surface area contributed by atoms with Crippen LogP contribution in [0.3, 0.4) is 0 Å². The lowest BCUT2D eigenvalue weighted by atomic mass is 9.97. The van der Waals surface area contributed by atoms with Crippen LogP contribution in [-0.4, -0.2) is 18.6 Å². The lowest BCUT2D eigenvalue weighted by Crippen LogP contribution is -2.29. The zero-order valence-corrected chi connectivity index (χ0v) is 8.98. The van der Waals surface area contributed by atoms with E-state index in [1.54, 1.807) is 11.3 Å². The van der Waals surface area contributed by atoms with Crippen LogP contribution < -0.4 is 0 Å². The van der Waals surface area contributed by atoms with Crippen LogP contribution in [0.5, 0.6) is 0 Å². The number of rotatable bonds is 2. The summed E-state index contributed by atoms with van der Waals surface area (Å²) >= 11 is 8.03. The van der Waals surface area contributed by atoms with E-state index in [4.69, 9.17) is 16.3 Å². The van der Waals surface area contributed by atoms with Crippen LogP contribution in [0.2, 0.25) is 0 Å². The molecule has 2 atom stereocenters. The van der Waals surface area contributed by atoms with Crippen molar-refractivity contribution < 1.29 is 4.74 Å². The normalized spacial score (nSPS) is 29.0. The average molecular weight is 217 g/mol. The van der Waals surface area contributed by atoms with E-state index in [2.05, 4.69) is 17.5 Å². The maximum atomic E-state index is 6.22. The fraction of sp³-hybridized carbons (Fsp3) is 0.600. The first-order valence-corrected chi connectivity index (χ1v) is 5.92. The Morgan fingerprint density at radius 2 is 2.54 bits per heavy atom. The molecular weight excluding hydrogens is 204 g/mol. The van der Waals surface area contributed by atoms with Crippen LogP contribution in [0.4, 0.5) is 0 Å². The quantitative estimate of drug-likeness (QED) is 0.691. The monoisotopic (exact) mass is 216 g/mol. The maximum Gasteiger partial charge on any atom is 0.0511 e. The fourth-order valence-corrected chi connectivity index (χ4v) is 2.69. The van der Waals surface area contributed by atoms with E-state index >= 15 is 0 Å². The van der Waals surface area contributed by atoms with Crippen molar-refractivity contribution in [2.75, 3.05) is 13.2 Å². The largest absolute Gasteiger partial charge is 0.381 e. The molecule has 2 unspecified atom stereocenters. The standard InChI is InChI=1S/C10H13ClOS/c11-10-3-4-12-7-8(10)6-9-2-1-5-13-9/h1-2,5,8,10H,3-4,6-7H2. The first-order chi connectivity index (χ1) is 6.36. The summed E-state index contributed by atoms with van der Waals surface area (Å²) in [5, 5.41) is 2.42. The molecule has 0 radical (unpaired) electrons. The van der Waals surface area contributed by atoms with Gasteiger partial charge in [-0.2, -0.15) is 0 Å². The summed E-state index contributed by atoms with van der Waals surface area (Å²) in [4.78, 5) is 1.42. The predicted molar refractivity (Wildman–Crippen MR) is 56.6 cm³/mol. The molecule has 0 aromatic carbocycles. The molecule has 1 aromatic heterocycles. The summed E-state index contributed by atoms with van der Waals surface area (Å²) in [6.07, 6.45) is 2.07. The highest BCUT2D eigenvalue weighted by Crippen LogP contribution is 2.25. The summed E-state index contributed by atoms with van der Waals surface area (Å²) < 4.78 is 5.42. The number of thiophene rings is 1. The molecule has 2 rings (SSSR count). The zero-order valence-electron chi connectivity index (χ0n) is 7.41. The van der Waals surface area contributed by atoms with Crippen molar-refractivity contribution in [2.45, 2.75) is 18.2 Å². The highest BCUT2D eigenvalue weighted by molar-refractivity contribution is 7.09. The van der Waals surface area contributed by atoms with E-state index in [0.717, 1.165) is 26.1 Å². The Morgan fingerprint density at radius 1 is 1.62 bits per heavy atom. The van der Waals surface area contributed by atoms with Crippen molar-refractivity contribution in [3.63, 3.8) is 0 Å². The molecule has 0 aliphatic carbocycles. The number of ether oxygens (including phenoxy) is 1. The van der Waals surface area contributed by atoms with Gasteiger partial charge in [-0.3, -0.25) is 0 Å². The van der Waals surface area contributed by atoms with Gasteiger partial charge in [0.1, 0.15) is 0 Å². The van der Waals surface area contributed by atoms with Crippen molar-refractivity contribution in [2.24, 2.45) is 5.92 Å². The molecule has 1 aromatic rings. The second kappa shape index (κ2) is 4.45. The molecule has 0 N–H and O–H groups in total. The van der Waals surface area contributed by atoms with Crippen molar-refractivity contribution in [3.8, 4) is 0 Å². The first-order valence-electron chi connectivity index (χ1n) is 4.60. The molecule has 3 heteroatoms. The summed E-state index contributed by atoms with van der Waals surface area (Å²) in [6.45, 7) is 1.65. The minimum absolute atomic E-state index is 0.302. The first kappa shape index (κ1) is 9.50. The van der Waals surface area contributed by atoms with Gasteiger partial charge in [0.2, 0.25) is 0 Å². The second-order valence-corrected chi connectivity index (χ2v) is 5.02. The third-order valence-electron chi connectivity index (χ3n) is 2.42. The molecule has 0 amide bonds. The summed E-state index contributed by atoms with van der Waals surface area (Å²) in [5.41, 5.74) is 0. The molecule has 13 heavy (non-hydrogen) atoms. The van der Waals surface area contributed by atoms with Gasteiger partial charge in [-0.1, -0.05) is 6.07 Å². The Balaban J connectivity index is 1.93. The third kappa shape index (κ3) is 2.46. The van der Waals surface area contributed by atoms with Gasteiger partial charge < -0.3 is 4.74 Å². The van der Waals surface area contributed by atoms with Gasteiger partial charge >= 0.3 is 0 Å². The van der Waals surface area contributed by atoms with Gasteiger partial charge in [0.15, 0.2) is 0 Å². The molecule has 0 saturated carbocycles. The van der Waals surface area contributed by atoms with Gasteiger partial charge in [-0.05, 0) is 24.3 Å². The van der Waals surface area contributed by atoms with Gasteiger partial charge in [0.05, 0.1) is 6.61 Å². The molecule has 1 nitrogen and oxygen atoms in total. The summed E-state index contributed by atoms with van der Waals surface area (Å²) in [6, 6.07) is 4.26. The average Bonchev–Trinajstić information content (AvgIpc) is 2.61. The van der Waals surface area contributed by atoms with Crippen LogP contribution in [0.15, 0.2) is 17.5 Å². The molecule has 2 heterocycles. The topological polar surface area (TPSA) is 9.23 Å². The van der Waals surface area contributed by atoms with Crippen LogP contribution in [0.1, 0.15) is 11.3 Å². The molecule has 1 aliphatic rings. The molecular formula is C10H13ClOS. The van der Waals surface area contributed by atoms with Crippen molar-refractivity contribution >= 4 is 22.9 Å². The van der Waals surface area contributed by atoms with Crippen LogP contribution >= 0.6 is 22.9 Å². The smallest absolute Gasteiger partial charge is 0.0511 e. The Bertz CT molecular complexity index is 247. The van der Waals surface area contributed by atoms with Gasteiger partial charge in [-0.15, -0.1) is 22.9 Å². The van der Waals surface area contributed by atoms with Crippen LogP contribution in [-0.2, 0) is 11.2 Å². The second-order valence-electron chi connectivity index (χ2n) is 3.42. The Hall–Kier alpha value is -0.0500. The van der Waals surface area contributed by atoms with E-state index in [0.29, 0.717) is 11.3 Å². The molecule has 1 aliphatic heterocycles. The number of hydrogen-bond donors (Lipinski definition) is 0. The summed E-state index contributed by atoms with van der Waals surface area (Å²) in [5.74, 6) is 0.508. The Kier molecular flexibility index (Phi) is 3.25. The van der Waals surface area contributed by atoms with E-state index in [9.17, 15) is 0 Å². The predicted octanol–water partition coefficient (Wildman–Crippen LogP) is 2.93. The summed E-state index contributed by atoms with van der Waals surface area (Å²) in [7, 11) is 0. The van der Waals surface area contributed by atoms with E-state index in [-0.39, 0.29) is 0 Å². The van der Waals surface area contributed by atoms with E-state index in [1.165, 1.54) is 4.88 Å². The fourth-order valence-electron chi connectivity index (χ4n) is 1.64. The van der Waals surface area contributed by atoms with Crippen molar-refractivity contribution in [1.82, 2.24) is 0 Å². The van der Waals surface area contributed by atoms with E-state index in [1.807, 2.05) is 0 Å². The molecule has 0 bridgehead atoms. The SMILES string of the molecule is ClC1CCOCC1Cc1cccs1. The number of alkyl halides is 1. The van der Waals surface area contributed by atoms with Gasteiger partial charge in [0.25, 0.3) is 0 Å². The molecule has 1 fully saturated rings. The van der Waals surface area contributed by atoms with Crippen LogP contribution in [0.25, 0.3) is 0 Å². The minimum atomic E-state index is 0.302. The lowest BCUT2D eigenvalue weighted by Gasteiger charge is -2.26. The zero-order chi connectivity index (χ0) is 9.10. The minimum Gasteiger partial charge on any atom is -0.381 e. The Labute approximate surface area is 87.7 Å². The molecule has 1 saturated heterocycles. The van der Waals surface area contributed by atoms with Gasteiger partial charge in [0, 0.05) is 22.8 Å². The van der Waals surface area contributed by atoms with Crippen LogP contribution in [0, 0.1) is 5.92 Å². The van der Waals surface area contributed by atoms with Crippen molar-refractivity contribution in [3.05, 3.63) is 22.4 Å². The highest BCUT2D eigenvalue weighted by atomic mass is 35.5. The third-order valence-corrected chi connectivity index (χ3v) is 3.90. The van der Waals surface area contributed by atoms with Gasteiger partial charge in [-0.25, -0.2) is 0 Å². The molecule has 0 spiro atoms. The highest BCUT2D eigenvalue weighted by Gasteiger charge is 2.23. The van der Waals surface area contributed by atoms with Crippen molar-refractivity contribution in [1.29, 1.82) is 0 Å². The number of halogens is 1.